The van der Waals surface area contributed by atoms with Gasteiger partial charge in [0.25, 0.3) is 0 Å². The number of aromatic nitrogens is 2. The van der Waals surface area contributed by atoms with Crippen molar-refractivity contribution in [2.24, 2.45) is 11.8 Å². The van der Waals surface area contributed by atoms with Gasteiger partial charge in [-0.15, -0.1) is 0 Å². The summed E-state index contributed by atoms with van der Waals surface area (Å²) in [6.07, 6.45) is 7.38. The fourth-order valence-corrected chi connectivity index (χ4v) is 5.29. The molecule has 2 amide bonds. The summed E-state index contributed by atoms with van der Waals surface area (Å²) in [5.74, 6) is -0.970. The molecule has 3 aliphatic heterocycles. The molecule has 7 nitrogen and oxygen atoms in total. The number of ether oxygens (including phenoxy) is 1. The minimum atomic E-state index is -0.681. The quantitative estimate of drug-likeness (QED) is 0.672. The van der Waals surface area contributed by atoms with Crippen LogP contribution in [0.15, 0.2) is 48.8 Å². The largest absolute Gasteiger partial charge is 0.360 e. The number of fused-ring (bicyclic) bond motifs is 1. The molecule has 0 radical (unpaired) electrons. The summed E-state index contributed by atoms with van der Waals surface area (Å²) in [5, 5.41) is 4.28. The first-order valence-electron chi connectivity index (χ1n) is 10.9. The third-order valence-electron chi connectivity index (χ3n) is 6.73. The molecular formula is C24H28N4O3. The van der Waals surface area contributed by atoms with Crippen LogP contribution < -0.4 is 0 Å². The van der Waals surface area contributed by atoms with Crippen molar-refractivity contribution < 1.29 is 14.3 Å². The Hall–Kier alpha value is -2.93. The van der Waals surface area contributed by atoms with Crippen LogP contribution in [0.2, 0.25) is 0 Å². The Morgan fingerprint density at radius 1 is 1.35 bits per heavy atom. The van der Waals surface area contributed by atoms with Crippen molar-refractivity contribution in [1.82, 2.24) is 19.6 Å². The van der Waals surface area contributed by atoms with Crippen molar-refractivity contribution in [3.05, 3.63) is 65.5 Å². The summed E-state index contributed by atoms with van der Waals surface area (Å²) >= 11 is 0. The lowest BCUT2D eigenvalue weighted by Crippen LogP contribution is -2.44. The Kier molecular flexibility index (Phi) is 4.73. The number of nitrogens with zero attached hydrogens (tertiary/aromatic N) is 4. The van der Waals surface area contributed by atoms with E-state index >= 15 is 0 Å². The van der Waals surface area contributed by atoms with E-state index in [1.54, 1.807) is 18.1 Å². The Labute approximate surface area is 182 Å². The van der Waals surface area contributed by atoms with Gasteiger partial charge in [-0.25, -0.2) is 0 Å². The van der Waals surface area contributed by atoms with E-state index in [1.165, 1.54) is 5.56 Å². The Morgan fingerprint density at radius 2 is 2.19 bits per heavy atom. The summed E-state index contributed by atoms with van der Waals surface area (Å²) in [6, 6.07) is 8.19. The molecule has 4 heterocycles. The lowest BCUT2D eigenvalue weighted by molar-refractivity contribution is -0.142. The van der Waals surface area contributed by atoms with Gasteiger partial charge in [0.2, 0.25) is 11.8 Å². The molecule has 0 N–H and O–H groups in total. The van der Waals surface area contributed by atoms with E-state index in [9.17, 15) is 9.59 Å². The van der Waals surface area contributed by atoms with E-state index in [0.29, 0.717) is 19.6 Å². The van der Waals surface area contributed by atoms with Crippen LogP contribution >= 0.6 is 0 Å². The normalized spacial score (nSPS) is 28.4. The molecule has 7 heteroatoms. The maximum absolute atomic E-state index is 13.4. The number of amides is 2. The Bertz CT molecular complexity index is 1060. The summed E-state index contributed by atoms with van der Waals surface area (Å²) < 4.78 is 8.11. The van der Waals surface area contributed by atoms with Gasteiger partial charge in [-0.1, -0.05) is 42.0 Å². The Balaban J connectivity index is 1.34. The van der Waals surface area contributed by atoms with Gasteiger partial charge in [0, 0.05) is 38.4 Å². The molecule has 5 rings (SSSR count). The number of carbonyl (C=O) groups is 2. The van der Waals surface area contributed by atoms with Crippen LogP contribution in [0.3, 0.4) is 0 Å². The average Bonchev–Trinajstić information content (AvgIpc) is 3.49. The zero-order valence-electron chi connectivity index (χ0n) is 18.2. The first-order chi connectivity index (χ1) is 14.9. The second-order valence-electron chi connectivity index (χ2n) is 8.98. The molecule has 2 fully saturated rings. The molecule has 1 aromatic heterocycles. The maximum atomic E-state index is 13.4. The molecule has 2 saturated heterocycles. The number of hydrogen-bond donors (Lipinski definition) is 0. The van der Waals surface area contributed by atoms with Crippen molar-refractivity contribution in [2.45, 2.75) is 45.2 Å². The minimum Gasteiger partial charge on any atom is -0.360 e. The molecule has 0 unspecified atom stereocenters. The summed E-state index contributed by atoms with van der Waals surface area (Å²) in [7, 11) is 1.79. The van der Waals surface area contributed by atoms with Crippen LogP contribution in [-0.4, -0.2) is 56.7 Å². The van der Waals surface area contributed by atoms with Crippen molar-refractivity contribution >= 4 is 11.8 Å². The molecule has 162 valence electrons. The highest BCUT2D eigenvalue weighted by molar-refractivity contribution is 5.93. The van der Waals surface area contributed by atoms with Crippen LogP contribution in [0.25, 0.3) is 0 Å². The first-order valence-corrected chi connectivity index (χ1v) is 10.9. The third-order valence-corrected chi connectivity index (χ3v) is 6.73. The average molecular weight is 421 g/mol. The van der Waals surface area contributed by atoms with Gasteiger partial charge in [-0.3, -0.25) is 14.3 Å². The number of rotatable bonds is 6. The summed E-state index contributed by atoms with van der Waals surface area (Å²) in [4.78, 5) is 30.4. The van der Waals surface area contributed by atoms with Gasteiger partial charge in [-0.2, -0.15) is 5.10 Å². The van der Waals surface area contributed by atoms with E-state index in [1.807, 2.05) is 60.0 Å². The van der Waals surface area contributed by atoms with Crippen molar-refractivity contribution in [3.63, 3.8) is 0 Å². The molecule has 31 heavy (non-hydrogen) atoms. The highest BCUT2D eigenvalue weighted by atomic mass is 16.5. The lowest BCUT2D eigenvalue weighted by Gasteiger charge is -2.27. The monoisotopic (exact) mass is 420 g/mol. The van der Waals surface area contributed by atoms with E-state index in [2.05, 4.69) is 11.2 Å². The standard InChI is InChI=1S/C24H28N4O3/c1-4-28-14-18(11-25-28)12-26(3)22(29)20-19-8-9-24(31-19)15-27(23(30)21(20)24)13-17-7-5-6-16(2)10-17/h5-11,14,19-21H,4,12-13,15H2,1-3H3/t19-,20-,21-,24-/m0/s1. The number of likely N-dealkylation sites (tertiary alicyclic amines) is 1. The van der Waals surface area contributed by atoms with E-state index in [0.717, 1.165) is 17.7 Å². The topological polar surface area (TPSA) is 67.7 Å². The van der Waals surface area contributed by atoms with Crippen LogP contribution in [0.5, 0.6) is 0 Å². The van der Waals surface area contributed by atoms with Crippen molar-refractivity contribution in [2.75, 3.05) is 13.6 Å². The van der Waals surface area contributed by atoms with E-state index < -0.39 is 17.4 Å². The van der Waals surface area contributed by atoms with Gasteiger partial charge >= 0.3 is 0 Å². The van der Waals surface area contributed by atoms with Gasteiger partial charge < -0.3 is 14.5 Å². The molecule has 2 bridgehead atoms. The molecule has 0 saturated carbocycles. The lowest BCUT2D eigenvalue weighted by atomic mass is 9.76. The number of hydrogen-bond acceptors (Lipinski definition) is 4. The molecule has 4 atom stereocenters. The SMILES string of the molecule is CCn1cc(CN(C)C(=O)[C@H]2[C@@H]3C=C[C@@]4(CN(Cc5cccc(C)c5)C(=O)[C@H]24)O3)cn1. The predicted octanol–water partition coefficient (Wildman–Crippen LogP) is 2.15. The maximum Gasteiger partial charge on any atom is 0.230 e. The second-order valence-corrected chi connectivity index (χ2v) is 8.98. The van der Waals surface area contributed by atoms with Crippen molar-refractivity contribution in [3.8, 4) is 0 Å². The highest BCUT2D eigenvalue weighted by Crippen LogP contribution is 2.52. The van der Waals surface area contributed by atoms with Crippen LogP contribution in [0, 0.1) is 18.8 Å². The third kappa shape index (κ3) is 3.28. The fourth-order valence-electron chi connectivity index (χ4n) is 5.29. The predicted molar refractivity (Wildman–Crippen MR) is 115 cm³/mol. The second kappa shape index (κ2) is 7.34. The number of benzene rings is 1. The smallest absolute Gasteiger partial charge is 0.230 e. The number of aryl methyl sites for hydroxylation is 2. The van der Waals surface area contributed by atoms with E-state index in [-0.39, 0.29) is 17.9 Å². The van der Waals surface area contributed by atoms with Gasteiger partial charge in [0.1, 0.15) is 5.60 Å². The summed E-state index contributed by atoms with van der Waals surface area (Å²) in [5.41, 5.74) is 2.56. The summed E-state index contributed by atoms with van der Waals surface area (Å²) in [6.45, 7) is 6.36. The van der Waals surface area contributed by atoms with Crippen molar-refractivity contribution in [1.29, 1.82) is 0 Å². The highest BCUT2D eigenvalue weighted by Gasteiger charge is 2.67. The first kappa shape index (κ1) is 20.0. The molecular weight excluding hydrogens is 392 g/mol. The van der Waals surface area contributed by atoms with Crippen LogP contribution in [0.4, 0.5) is 0 Å². The molecule has 3 aliphatic rings. The Morgan fingerprint density at radius 3 is 2.94 bits per heavy atom. The zero-order chi connectivity index (χ0) is 21.8. The fraction of sp³-hybridized carbons (Fsp3) is 0.458. The molecule has 1 aromatic carbocycles. The van der Waals surface area contributed by atoms with Crippen LogP contribution in [0.1, 0.15) is 23.6 Å². The van der Waals surface area contributed by atoms with E-state index in [4.69, 9.17) is 4.74 Å². The van der Waals surface area contributed by atoms with Gasteiger partial charge in [0.15, 0.2) is 0 Å². The molecule has 0 aliphatic carbocycles. The van der Waals surface area contributed by atoms with Gasteiger partial charge in [0.05, 0.1) is 30.7 Å². The minimum absolute atomic E-state index is 0.0129. The number of carbonyl (C=O) groups excluding carboxylic acids is 2. The van der Waals surface area contributed by atoms with Gasteiger partial charge in [-0.05, 0) is 19.4 Å². The van der Waals surface area contributed by atoms with Crippen LogP contribution in [-0.2, 0) is 34.0 Å². The molecule has 1 spiro atoms. The zero-order valence-corrected chi connectivity index (χ0v) is 18.2. The molecule has 2 aromatic rings.